The van der Waals surface area contributed by atoms with E-state index in [0.29, 0.717) is 5.92 Å². The van der Waals surface area contributed by atoms with E-state index in [4.69, 9.17) is 10.2 Å². The van der Waals surface area contributed by atoms with Gasteiger partial charge in [0.15, 0.2) is 6.39 Å². The van der Waals surface area contributed by atoms with Gasteiger partial charge in [0.2, 0.25) is 0 Å². The highest BCUT2D eigenvalue weighted by Gasteiger charge is 2.24. The van der Waals surface area contributed by atoms with Crippen molar-refractivity contribution in [2.75, 3.05) is 13.1 Å². The van der Waals surface area contributed by atoms with Crippen LogP contribution in [0.1, 0.15) is 18.2 Å². The summed E-state index contributed by atoms with van der Waals surface area (Å²) in [6, 6.07) is 0.0266. The quantitative estimate of drug-likeness (QED) is 0.664. The van der Waals surface area contributed by atoms with E-state index in [0.717, 1.165) is 25.2 Å². The van der Waals surface area contributed by atoms with Crippen LogP contribution in [0.25, 0.3) is 0 Å². The van der Waals surface area contributed by atoms with Gasteiger partial charge in [0.25, 0.3) is 0 Å². The molecule has 66 valence electrons. The van der Waals surface area contributed by atoms with Crippen LogP contribution >= 0.6 is 0 Å². The molecule has 0 radical (unpaired) electrons. The first-order valence-corrected chi connectivity index (χ1v) is 4.22. The fraction of sp³-hybridized carbons (Fsp3) is 0.625. The summed E-state index contributed by atoms with van der Waals surface area (Å²) in [4.78, 5) is 4.04. The Balaban J connectivity index is 2.04. The van der Waals surface area contributed by atoms with Gasteiger partial charge in [-0.2, -0.15) is 0 Å². The minimum Gasteiger partial charge on any atom is -0.451 e. The lowest BCUT2D eigenvalue weighted by molar-refractivity contribution is 0.458. The summed E-state index contributed by atoms with van der Waals surface area (Å²) in [5.41, 5.74) is 6.85. The number of nitrogens with two attached hydrogens (primary N) is 1. The first-order valence-electron chi connectivity index (χ1n) is 4.22. The summed E-state index contributed by atoms with van der Waals surface area (Å²) < 4.78 is 4.88. The molecule has 1 aliphatic rings. The number of rotatable bonds is 2. The van der Waals surface area contributed by atoms with Gasteiger partial charge in [-0.15, -0.1) is 0 Å². The predicted octanol–water partition coefficient (Wildman–Crippen LogP) is 0.284. The molecule has 1 aromatic heterocycles. The number of nitrogens with zero attached hydrogens (tertiary/aromatic N) is 1. The fourth-order valence-corrected chi connectivity index (χ4v) is 1.61. The van der Waals surface area contributed by atoms with Crippen molar-refractivity contribution < 1.29 is 4.42 Å². The average Bonchev–Trinajstić information content (AvgIpc) is 2.77. The van der Waals surface area contributed by atoms with Crippen molar-refractivity contribution in [2.45, 2.75) is 12.5 Å². The van der Waals surface area contributed by atoms with Crippen LogP contribution in [0.4, 0.5) is 0 Å². The molecule has 0 aromatic carbocycles. The molecular weight excluding hydrogens is 154 g/mol. The van der Waals surface area contributed by atoms with E-state index in [1.807, 2.05) is 0 Å². The molecule has 1 aromatic rings. The van der Waals surface area contributed by atoms with Gasteiger partial charge in [0, 0.05) is 0 Å². The van der Waals surface area contributed by atoms with Gasteiger partial charge in [0.1, 0.15) is 6.26 Å². The lowest BCUT2D eigenvalue weighted by Gasteiger charge is -2.14. The molecule has 0 saturated carbocycles. The fourth-order valence-electron chi connectivity index (χ4n) is 1.61. The SMILES string of the molecule is NC(c1cocn1)C1CCNC1. The maximum absolute atomic E-state index is 5.98. The third-order valence-corrected chi connectivity index (χ3v) is 2.40. The molecule has 1 fully saturated rings. The minimum atomic E-state index is 0.0266. The monoisotopic (exact) mass is 167 g/mol. The van der Waals surface area contributed by atoms with Gasteiger partial charge in [-0.1, -0.05) is 0 Å². The van der Waals surface area contributed by atoms with Crippen LogP contribution in [0.15, 0.2) is 17.1 Å². The molecule has 1 aliphatic heterocycles. The predicted molar refractivity (Wildman–Crippen MR) is 44.4 cm³/mol. The van der Waals surface area contributed by atoms with Crippen molar-refractivity contribution in [3.05, 3.63) is 18.4 Å². The molecule has 1 saturated heterocycles. The van der Waals surface area contributed by atoms with E-state index in [1.54, 1.807) is 6.26 Å². The Morgan fingerprint density at radius 1 is 1.75 bits per heavy atom. The molecule has 0 bridgehead atoms. The van der Waals surface area contributed by atoms with Crippen LogP contribution in [0.3, 0.4) is 0 Å². The Morgan fingerprint density at radius 3 is 3.25 bits per heavy atom. The van der Waals surface area contributed by atoms with E-state index in [9.17, 15) is 0 Å². The third kappa shape index (κ3) is 1.35. The molecule has 0 amide bonds. The molecular formula is C8H13N3O. The second kappa shape index (κ2) is 3.25. The summed E-state index contributed by atoms with van der Waals surface area (Å²) in [6.07, 6.45) is 4.19. The van der Waals surface area contributed by atoms with Gasteiger partial charge >= 0.3 is 0 Å². The van der Waals surface area contributed by atoms with E-state index in [-0.39, 0.29) is 6.04 Å². The van der Waals surface area contributed by atoms with Crippen molar-refractivity contribution in [3.8, 4) is 0 Å². The number of hydrogen-bond acceptors (Lipinski definition) is 4. The smallest absolute Gasteiger partial charge is 0.180 e. The van der Waals surface area contributed by atoms with E-state index < -0.39 is 0 Å². The Labute approximate surface area is 71.2 Å². The van der Waals surface area contributed by atoms with Crippen molar-refractivity contribution in [1.29, 1.82) is 0 Å². The summed E-state index contributed by atoms with van der Waals surface area (Å²) in [7, 11) is 0. The third-order valence-electron chi connectivity index (χ3n) is 2.40. The minimum absolute atomic E-state index is 0.0266. The molecule has 4 heteroatoms. The Bertz CT molecular complexity index is 228. The number of hydrogen-bond donors (Lipinski definition) is 2. The topological polar surface area (TPSA) is 64.1 Å². The first-order chi connectivity index (χ1) is 5.88. The Hall–Kier alpha value is -0.870. The number of nitrogens with one attached hydrogen (secondary N) is 1. The lowest BCUT2D eigenvalue weighted by Crippen LogP contribution is -2.23. The summed E-state index contributed by atoms with van der Waals surface area (Å²) in [6.45, 7) is 2.06. The normalized spacial score (nSPS) is 25.9. The van der Waals surface area contributed by atoms with E-state index >= 15 is 0 Å². The molecule has 3 N–H and O–H groups in total. The molecule has 0 spiro atoms. The van der Waals surface area contributed by atoms with E-state index in [2.05, 4.69) is 10.3 Å². The van der Waals surface area contributed by atoms with Crippen molar-refractivity contribution in [1.82, 2.24) is 10.3 Å². The first kappa shape index (κ1) is 7.76. The molecule has 2 atom stereocenters. The zero-order valence-electron chi connectivity index (χ0n) is 6.86. The van der Waals surface area contributed by atoms with Crippen LogP contribution in [0.5, 0.6) is 0 Å². The molecule has 0 aliphatic carbocycles. The highest BCUT2D eigenvalue weighted by molar-refractivity contribution is 5.02. The van der Waals surface area contributed by atoms with Crippen molar-refractivity contribution in [2.24, 2.45) is 11.7 Å². The van der Waals surface area contributed by atoms with Gasteiger partial charge in [-0.05, 0) is 25.4 Å². The maximum atomic E-state index is 5.98. The van der Waals surface area contributed by atoms with Crippen LogP contribution in [0.2, 0.25) is 0 Å². The van der Waals surface area contributed by atoms with Crippen LogP contribution in [-0.2, 0) is 0 Å². The van der Waals surface area contributed by atoms with Gasteiger partial charge < -0.3 is 15.5 Å². The maximum Gasteiger partial charge on any atom is 0.180 e. The molecule has 4 nitrogen and oxygen atoms in total. The second-order valence-corrected chi connectivity index (χ2v) is 3.19. The number of aromatic nitrogens is 1. The second-order valence-electron chi connectivity index (χ2n) is 3.19. The summed E-state index contributed by atoms with van der Waals surface area (Å²) >= 11 is 0. The summed E-state index contributed by atoms with van der Waals surface area (Å²) in [5.74, 6) is 0.509. The Morgan fingerprint density at radius 2 is 2.67 bits per heavy atom. The van der Waals surface area contributed by atoms with Crippen LogP contribution < -0.4 is 11.1 Å². The van der Waals surface area contributed by atoms with Crippen molar-refractivity contribution in [3.63, 3.8) is 0 Å². The van der Waals surface area contributed by atoms with Crippen molar-refractivity contribution >= 4 is 0 Å². The standard InChI is InChI=1S/C8H13N3O/c9-8(6-1-2-10-3-6)7-4-12-5-11-7/h4-6,8,10H,1-3,9H2. The molecule has 12 heavy (non-hydrogen) atoms. The average molecular weight is 167 g/mol. The summed E-state index contributed by atoms with van der Waals surface area (Å²) in [5, 5.41) is 3.28. The van der Waals surface area contributed by atoms with Gasteiger partial charge in [-0.25, -0.2) is 4.98 Å². The van der Waals surface area contributed by atoms with Crippen LogP contribution in [0, 0.1) is 5.92 Å². The van der Waals surface area contributed by atoms with E-state index in [1.165, 1.54) is 6.39 Å². The number of oxazole rings is 1. The Kier molecular flexibility index (Phi) is 2.10. The van der Waals surface area contributed by atoms with Crippen LogP contribution in [-0.4, -0.2) is 18.1 Å². The zero-order chi connectivity index (χ0) is 8.39. The molecule has 2 rings (SSSR count). The zero-order valence-corrected chi connectivity index (χ0v) is 6.86. The highest BCUT2D eigenvalue weighted by atomic mass is 16.3. The van der Waals surface area contributed by atoms with Gasteiger partial charge in [-0.3, -0.25) is 0 Å². The molecule has 2 unspecified atom stereocenters. The largest absolute Gasteiger partial charge is 0.451 e. The lowest BCUT2D eigenvalue weighted by atomic mass is 9.98. The highest BCUT2D eigenvalue weighted by Crippen LogP contribution is 2.22. The van der Waals surface area contributed by atoms with Gasteiger partial charge in [0.05, 0.1) is 11.7 Å². The molecule has 2 heterocycles.